The number of pyridine rings is 1. The van der Waals surface area contributed by atoms with Gasteiger partial charge < -0.3 is 5.32 Å². The Morgan fingerprint density at radius 3 is 3.00 bits per heavy atom. The minimum Gasteiger partial charge on any atom is -0.310 e. The first-order valence-corrected chi connectivity index (χ1v) is 4.30. The van der Waals surface area contributed by atoms with Gasteiger partial charge in [-0.05, 0) is 12.8 Å². The number of carbonyl (C=O) groups excluding carboxylic acids is 1. The van der Waals surface area contributed by atoms with Crippen LogP contribution in [0.5, 0.6) is 0 Å². The van der Waals surface area contributed by atoms with Gasteiger partial charge in [0.25, 0.3) is 0 Å². The number of fused-ring (bicyclic) bond motifs is 2. The van der Waals surface area contributed by atoms with E-state index in [1.165, 1.54) is 0 Å². The van der Waals surface area contributed by atoms with E-state index in [-0.39, 0.29) is 11.3 Å². The van der Waals surface area contributed by atoms with Gasteiger partial charge in [-0.2, -0.15) is 0 Å². The van der Waals surface area contributed by atoms with E-state index in [9.17, 15) is 4.79 Å². The first-order chi connectivity index (χ1) is 6.22. The molecule has 62 valence electrons. The lowest BCUT2D eigenvalue weighted by molar-refractivity contribution is -0.117. The zero-order valence-electron chi connectivity index (χ0n) is 7.00. The first-order valence-electron chi connectivity index (χ1n) is 4.30. The van der Waals surface area contributed by atoms with Crippen molar-refractivity contribution in [3.05, 3.63) is 17.8 Å². The second kappa shape index (κ2) is 1.95. The Labute approximate surface area is 77.0 Å². The van der Waals surface area contributed by atoms with Gasteiger partial charge in [-0.25, -0.2) is 4.98 Å². The summed E-state index contributed by atoms with van der Waals surface area (Å²) in [5.41, 5.74) is 1.34. The molecule has 0 saturated heterocycles. The zero-order chi connectivity index (χ0) is 9.05. The summed E-state index contributed by atoms with van der Waals surface area (Å²) in [7, 11) is 5.62. The minimum atomic E-state index is -0.266. The van der Waals surface area contributed by atoms with Crippen LogP contribution in [-0.2, 0) is 10.2 Å². The van der Waals surface area contributed by atoms with Crippen LogP contribution >= 0.6 is 0 Å². The van der Waals surface area contributed by atoms with E-state index in [1.807, 2.05) is 6.07 Å². The van der Waals surface area contributed by atoms with Crippen LogP contribution in [-0.4, -0.2) is 18.7 Å². The zero-order valence-corrected chi connectivity index (χ0v) is 7.00. The fourth-order valence-electron chi connectivity index (χ4n) is 1.92. The molecule has 4 heteroatoms. The van der Waals surface area contributed by atoms with Gasteiger partial charge in [-0.1, -0.05) is 11.5 Å². The predicted octanol–water partition coefficient (Wildman–Crippen LogP) is -0.141. The molecule has 1 aromatic heterocycles. The number of aromatic nitrogens is 1. The molecule has 2 radical (unpaired) electrons. The number of nitrogens with zero attached hydrogens (tertiary/aromatic N) is 1. The van der Waals surface area contributed by atoms with Crippen molar-refractivity contribution >= 4 is 25.0 Å². The summed E-state index contributed by atoms with van der Waals surface area (Å²) in [4.78, 5) is 15.6. The molecule has 1 aromatic rings. The topological polar surface area (TPSA) is 42.0 Å². The molecule has 1 spiro atoms. The van der Waals surface area contributed by atoms with Crippen LogP contribution in [0.3, 0.4) is 0 Å². The van der Waals surface area contributed by atoms with Gasteiger partial charge in [-0.3, -0.25) is 4.79 Å². The van der Waals surface area contributed by atoms with Crippen LogP contribution in [0.2, 0.25) is 0 Å². The van der Waals surface area contributed by atoms with Crippen molar-refractivity contribution < 1.29 is 4.79 Å². The predicted molar refractivity (Wildman–Crippen MR) is 49.2 cm³/mol. The van der Waals surface area contributed by atoms with Crippen molar-refractivity contribution in [3.63, 3.8) is 0 Å². The minimum absolute atomic E-state index is 0.0839. The molecule has 1 saturated carbocycles. The molecule has 1 aliphatic heterocycles. The van der Waals surface area contributed by atoms with Crippen LogP contribution in [0.4, 0.5) is 5.82 Å². The normalized spacial score (nSPS) is 21.4. The molecule has 0 aromatic carbocycles. The van der Waals surface area contributed by atoms with Crippen molar-refractivity contribution in [2.75, 3.05) is 5.32 Å². The fraction of sp³-hybridized carbons (Fsp3) is 0.333. The maximum absolute atomic E-state index is 11.5. The van der Waals surface area contributed by atoms with Gasteiger partial charge in [0.05, 0.1) is 5.41 Å². The second-order valence-corrected chi connectivity index (χ2v) is 3.70. The standard InChI is InChI=1S/C9H7BN2O/c10-5-3-6-7(11-4-5)12-8(13)9(6)1-2-9/h3-4H,1-2H2,(H,11,12,13). The van der Waals surface area contributed by atoms with E-state index >= 15 is 0 Å². The third-order valence-corrected chi connectivity index (χ3v) is 2.84. The smallest absolute Gasteiger partial charge is 0.236 e. The number of hydrogen-bond acceptors (Lipinski definition) is 2. The lowest BCUT2D eigenvalue weighted by Crippen LogP contribution is -2.18. The molecule has 0 unspecified atom stereocenters. The SMILES string of the molecule is [B]c1cnc2c(c1)C1(CC1)C(=O)N2. The van der Waals surface area contributed by atoms with Crippen LogP contribution < -0.4 is 10.8 Å². The fourth-order valence-corrected chi connectivity index (χ4v) is 1.92. The average molecular weight is 170 g/mol. The molecule has 1 fully saturated rings. The average Bonchev–Trinajstić information content (AvgIpc) is 2.83. The molecular weight excluding hydrogens is 163 g/mol. The van der Waals surface area contributed by atoms with Crippen molar-refractivity contribution in [1.29, 1.82) is 0 Å². The molecule has 3 rings (SSSR count). The molecule has 1 aliphatic carbocycles. The molecule has 3 nitrogen and oxygen atoms in total. The van der Waals surface area contributed by atoms with Crippen LogP contribution in [0.1, 0.15) is 18.4 Å². The molecule has 1 amide bonds. The number of carbonyl (C=O) groups is 1. The summed E-state index contributed by atoms with van der Waals surface area (Å²) in [5.74, 6) is 0.775. The summed E-state index contributed by atoms with van der Waals surface area (Å²) >= 11 is 0. The molecule has 0 bridgehead atoms. The van der Waals surface area contributed by atoms with E-state index < -0.39 is 0 Å². The van der Waals surface area contributed by atoms with Gasteiger partial charge in [0.15, 0.2) is 0 Å². The number of nitrogens with one attached hydrogen (secondary N) is 1. The van der Waals surface area contributed by atoms with Gasteiger partial charge in [0.1, 0.15) is 13.7 Å². The summed E-state index contributed by atoms with van der Waals surface area (Å²) in [5, 5.41) is 2.77. The molecule has 2 aliphatic rings. The highest BCUT2D eigenvalue weighted by molar-refractivity contribution is 6.32. The molecule has 13 heavy (non-hydrogen) atoms. The van der Waals surface area contributed by atoms with Gasteiger partial charge in [0.2, 0.25) is 5.91 Å². The van der Waals surface area contributed by atoms with E-state index in [2.05, 4.69) is 10.3 Å². The highest BCUT2D eigenvalue weighted by Crippen LogP contribution is 2.54. The van der Waals surface area contributed by atoms with E-state index in [1.54, 1.807) is 6.20 Å². The lowest BCUT2D eigenvalue weighted by Gasteiger charge is -2.03. The number of amides is 1. The Hall–Kier alpha value is -1.32. The number of rotatable bonds is 0. The lowest BCUT2D eigenvalue weighted by atomic mass is 9.92. The highest BCUT2D eigenvalue weighted by Gasteiger charge is 2.56. The van der Waals surface area contributed by atoms with Crippen molar-refractivity contribution in [3.8, 4) is 0 Å². The van der Waals surface area contributed by atoms with E-state index in [0.717, 1.165) is 18.4 Å². The van der Waals surface area contributed by atoms with Crippen molar-refractivity contribution in [2.24, 2.45) is 0 Å². The maximum atomic E-state index is 11.5. The quantitative estimate of drug-likeness (QED) is 0.550. The molecular formula is C9H7BN2O. The largest absolute Gasteiger partial charge is 0.310 e. The molecule has 1 N–H and O–H groups in total. The maximum Gasteiger partial charge on any atom is 0.236 e. The van der Waals surface area contributed by atoms with Crippen molar-refractivity contribution in [2.45, 2.75) is 18.3 Å². The molecule has 2 heterocycles. The summed E-state index contributed by atoms with van der Waals surface area (Å²) < 4.78 is 0. The summed E-state index contributed by atoms with van der Waals surface area (Å²) in [6.07, 6.45) is 3.43. The van der Waals surface area contributed by atoms with Crippen LogP contribution in [0.15, 0.2) is 12.3 Å². The Morgan fingerprint density at radius 1 is 1.54 bits per heavy atom. The Morgan fingerprint density at radius 2 is 2.31 bits per heavy atom. The van der Waals surface area contributed by atoms with Crippen LogP contribution in [0.25, 0.3) is 0 Å². The highest BCUT2D eigenvalue weighted by atomic mass is 16.2. The third-order valence-electron chi connectivity index (χ3n) is 2.84. The van der Waals surface area contributed by atoms with Crippen molar-refractivity contribution in [1.82, 2.24) is 4.98 Å². The Kier molecular flexibility index (Phi) is 1.07. The summed E-state index contributed by atoms with van der Waals surface area (Å²) in [6.45, 7) is 0. The Bertz CT molecular complexity index is 412. The number of hydrogen-bond donors (Lipinski definition) is 1. The Balaban J connectivity index is 2.24. The van der Waals surface area contributed by atoms with Crippen LogP contribution in [0, 0.1) is 0 Å². The summed E-state index contributed by atoms with van der Waals surface area (Å²) in [6, 6.07) is 1.85. The first kappa shape index (κ1) is 7.12. The van der Waals surface area contributed by atoms with Gasteiger partial charge in [-0.15, -0.1) is 0 Å². The van der Waals surface area contributed by atoms with Gasteiger partial charge >= 0.3 is 0 Å². The molecule has 0 atom stereocenters. The monoisotopic (exact) mass is 170 g/mol. The van der Waals surface area contributed by atoms with E-state index in [0.29, 0.717) is 11.3 Å². The van der Waals surface area contributed by atoms with E-state index in [4.69, 9.17) is 7.85 Å². The third kappa shape index (κ3) is 0.754. The number of anilines is 1. The second-order valence-electron chi connectivity index (χ2n) is 3.70. The van der Waals surface area contributed by atoms with Gasteiger partial charge in [0, 0.05) is 11.8 Å².